The van der Waals surface area contributed by atoms with Crippen LogP contribution < -0.4 is 4.90 Å². The molecule has 0 radical (unpaired) electrons. The molecule has 1 atom stereocenters. The Balaban J connectivity index is 1.08. The predicted molar refractivity (Wildman–Crippen MR) is 122 cm³/mol. The van der Waals surface area contributed by atoms with Gasteiger partial charge in [-0.2, -0.15) is 0 Å². The lowest BCUT2D eigenvalue weighted by atomic mass is 9.77. The van der Waals surface area contributed by atoms with E-state index >= 15 is 0 Å². The van der Waals surface area contributed by atoms with Crippen LogP contribution in [-0.2, 0) is 11.3 Å². The van der Waals surface area contributed by atoms with E-state index in [1.54, 1.807) is 6.07 Å². The molecule has 0 unspecified atom stereocenters. The third-order valence-corrected chi connectivity index (χ3v) is 7.96. The number of piperidine rings is 1. The van der Waals surface area contributed by atoms with Crippen molar-refractivity contribution in [3.8, 4) is 0 Å². The van der Waals surface area contributed by atoms with Crippen molar-refractivity contribution in [2.75, 3.05) is 37.6 Å². The van der Waals surface area contributed by atoms with Crippen molar-refractivity contribution in [3.63, 3.8) is 0 Å². The molecule has 3 aliphatic heterocycles. The fraction of sp³-hybridized carbons (Fsp3) is 0.480. The van der Waals surface area contributed by atoms with E-state index in [9.17, 15) is 9.90 Å². The summed E-state index contributed by atoms with van der Waals surface area (Å²) >= 11 is 0. The van der Waals surface area contributed by atoms with Crippen LogP contribution in [0.15, 0.2) is 35.0 Å². The van der Waals surface area contributed by atoms with Crippen LogP contribution in [0.5, 0.6) is 0 Å². The van der Waals surface area contributed by atoms with Crippen LogP contribution in [0.1, 0.15) is 52.4 Å². The summed E-state index contributed by atoms with van der Waals surface area (Å²) in [6, 6.07) is 9.82. The van der Waals surface area contributed by atoms with Gasteiger partial charge in [-0.3, -0.25) is 0 Å². The Labute approximate surface area is 192 Å². The van der Waals surface area contributed by atoms with Gasteiger partial charge in [-0.1, -0.05) is 6.07 Å². The van der Waals surface area contributed by atoms with Crippen molar-refractivity contribution in [1.82, 2.24) is 15.2 Å². The number of benzene rings is 2. The number of aliphatic hydroxyl groups is 1. The minimum Gasteiger partial charge on any atom is -0.457 e. The summed E-state index contributed by atoms with van der Waals surface area (Å²) in [5.41, 5.74) is 6.53. The summed E-state index contributed by atoms with van der Waals surface area (Å²) < 4.78 is 9.99. The molecule has 3 aromatic rings. The van der Waals surface area contributed by atoms with Crippen LogP contribution in [0.2, 0.25) is 0 Å². The first kappa shape index (κ1) is 20.6. The van der Waals surface area contributed by atoms with E-state index in [1.807, 2.05) is 19.1 Å². The molecular weight excluding hydrogens is 420 g/mol. The summed E-state index contributed by atoms with van der Waals surface area (Å²) in [5.74, 6) is -0.265. The molecule has 3 aliphatic rings. The van der Waals surface area contributed by atoms with Crippen LogP contribution in [-0.4, -0.2) is 59.0 Å². The number of hydrogen-bond acceptors (Lipinski definition) is 8. The van der Waals surface area contributed by atoms with E-state index in [4.69, 9.17) is 9.37 Å². The van der Waals surface area contributed by atoms with E-state index in [0.717, 1.165) is 66.7 Å². The van der Waals surface area contributed by atoms with Gasteiger partial charge >= 0.3 is 5.97 Å². The molecule has 0 bridgehead atoms. The van der Waals surface area contributed by atoms with Gasteiger partial charge in [0.15, 0.2) is 0 Å². The molecular formula is C25H28N4O4. The number of hydrogen-bond donors (Lipinski definition) is 1. The zero-order chi connectivity index (χ0) is 22.6. The van der Waals surface area contributed by atoms with E-state index in [1.165, 1.54) is 12.1 Å². The van der Waals surface area contributed by atoms with Crippen molar-refractivity contribution in [2.24, 2.45) is 5.41 Å². The molecule has 172 valence electrons. The molecule has 8 nitrogen and oxygen atoms in total. The van der Waals surface area contributed by atoms with Gasteiger partial charge in [-0.15, -0.1) is 0 Å². The summed E-state index contributed by atoms with van der Waals surface area (Å²) in [6.45, 7) is 6.98. The number of cyclic esters (lactones) is 1. The van der Waals surface area contributed by atoms with Crippen molar-refractivity contribution in [2.45, 2.75) is 38.9 Å². The summed E-state index contributed by atoms with van der Waals surface area (Å²) in [7, 11) is 0. The first-order valence-electron chi connectivity index (χ1n) is 11.7. The number of anilines is 1. The van der Waals surface area contributed by atoms with E-state index in [0.29, 0.717) is 24.1 Å². The average molecular weight is 449 g/mol. The third-order valence-electron chi connectivity index (χ3n) is 7.96. The summed E-state index contributed by atoms with van der Waals surface area (Å²) in [6.07, 6.45) is 2.89. The SMILES string of the molecule is Cc1c([C@@H](O)CN2CCC3(CC2)CCN(c2ccc4nonc4c2)C3)ccc2c1COC2=O. The second kappa shape index (κ2) is 7.81. The standard InChI is InChI=1S/C25H28N4O4/c1-16-18(3-4-19-20(16)14-32-24(19)31)23(30)13-28-9-6-25(7-10-28)8-11-29(15-25)17-2-5-21-22(12-17)27-33-26-21/h2-5,12,23,30H,6-11,13-15H2,1H3/t23-/m0/s1. The maximum atomic E-state index is 11.8. The predicted octanol–water partition coefficient (Wildman–Crippen LogP) is 3.23. The van der Waals surface area contributed by atoms with Crippen molar-refractivity contribution >= 4 is 22.7 Å². The lowest BCUT2D eigenvalue weighted by Crippen LogP contribution is -2.43. The van der Waals surface area contributed by atoms with Gasteiger partial charge in [-0.05, 0) is 90.4 Å². The number of esters is 1. The molecule has 0 saturated carbocycles. The maximum Gasteiger partial charge on any atom is 0.338 e. The van der Waals surface area contributed by atoms with Crippen LogP contribution in [0.3, 0.4) is 0 Å². The molecule has 0 amide bonds. The lowest BCUT2D eigenvalue weighted by Gasteiger charge is -2.40. The normalized spacial score (nSPS) is 21.0. The highest BCUT2D eigenvalue weighted by atomic mass is 16.6. The number of carbonyl (C=O) groups excluding carboxylic acids is 1. The monoisotopic (exact) mass is 448 g/mol. The largest absolute Gasteiger partial charge is 0.457 e. The van der Waals surface area contributed by atoms with Gasteiger partial charge in [0.1, 0.15) is 17.6 Å². The number of β-amino-alcohol motifs (C(OH)–C–C–N with tert-alkyl or cyclic N) is 1. The number of ether oxygens (including phenoxy) is 1. The first-order chi connectivity index (χ1) is 16.0. The Morgan fingerprint density at radius 3 is 2.73 bits per heavy atom. The minimum atomic E-state index is -0.567. The Hall–Kier alpha value is -2.97. The van der Waals surface area contributed by atoms with Gasteiger partial charge < -0.3 is 19.6 Å². The van der Waals surface area contributed by atoms with Crippen LogP contribution in [0, 0.1) is 12.3 Å². The molecule has 6 rings (SSSR count). The highest BCUT2D eigenvalue weighted by molar-refractivity contribution is 5.94. The molecule has 0 aliphatic carbocycles. The highest BCUT2D eigenvalue weighted by Crippen LogP contribution is 2.42. The van der Waals surface area contributed by atoms with E-state index in [-0.39, 0.29) is 5.97 Å². The van der Waals surface area contributed by atoms with E-state index in [2.05, 4.69) is 32.2 Å². The third kappa shape index (κ3) is 3.57. The van der Waals surface area contributed by atoms with Crippen LogP contribution in [0.25, 0.3) is 11.0 Å². The fourth-order valence-electron chi connectivity index (χ4n) is 5.81. The molecule has 4 heterocycles. The molecule has 2 fully saturated rings. The minimum absolute atomic E-state index is 0.265. The Bertz CT molecular complexity index is 1210. The van der Waals surface area contributed by atoms with Gasteiger partial charge in [0.25, 0.3) is 0 Å². The molecule has 33 heavy (non-hydrogen) atoms. The Kier molecular flexibility index (Phi) is 4.88. The number of aliphatic hydroxyl groups excluding tert-OH is 1. The van der Waals surface area contributed by atoms with Crippen molar-refractivity contribution in [3.05, 3.63) is 52.6 Å². The summed E-state index contributed by atoms with van der Waals surface area (Å²) in [4.78, 5) is 16.6. The lowest BCUT2D eigenvalue weighted by molar-refractivity contribution is 0.0534. The topological polar surface area (TPSA) is 91.9 Å². The molecule has 1 spiro atoms. The van der Waals surface area contributed by atoms with Crippen LogP contribution >= 0.6 is 0 Å². The van der Waals surface area contributed by atoms with E-state index < -0.39 is 6.10 Å². The zero-order valence-electron chi connectivity index (χ0n) is 18.8. The van der Waals surface area contributed by atoms with Gasteiger partial charge in [-0.25, -0.2) is 9.42 Å². The van der Waals surface area contributed by atoms with Crippen molar-refractivity contribution in [1.29, 1.82) is 0 Å². The number of fused-ring (bicyclic) bond motifs is 2. The quantitative estimate of drug-likeness (QED) is 0.609. The Morgan fingerprint density at radius 2 is 1.88 bits per heavy atom. The first-order valence-corrected chi connectivity index (χ1v) is 11.7. The summed E-state index contributed by atoms with van der Waals surface area (Å²) in [5, 5.41) is 18.8. The second-order valence-electron chi connectivity index (χ2n) is 9.81. The van der Waals surface area contributed by atoms with Crippen molar-refractivity contribution < 1.29 is 19.3 Å². The van der Waals surface area contributed by atoms with Gasteiger partial charge in [0, 0.05) is 30.9 Å². The zero-order valence-corrected chi connectivity index (χ0v) is 18.8. The number of aromatic nitrogens is 2. The van der Waals surface area contributed by atoms with Gasteiger partial charge in [0.05, 0.1) is 11.7 Å². The van der Waals surface area contributed by atoms with Crippen LogP contribution in [0.4, 0.5) is 5.69 Å². The number of rotatable bonds is 4. The number of likely N-dealkylation sites (tertiary alicyclic amines) is 1. The Morgan fingerprint density at radius 1 is 1.09 bits per heavy atom. The number of carbonyl (C=O) groups is 1. The smallest absolute Gasteiger partial charge is 0.338 e. The molecule has 1 aromatic heterocycles. The molecule has 8 heteroatoms. The molecule has 1 N–H and O–H groups in total. The highest BCUT2D eigenvalue weighted by Gasteiger charge is 2.41. The fourth-order valence-corrected chi connectivity index (χ4v) is 5.81. The second-order valence-corrected chi connectivity index (χ2v) is 9.81. The maximum absolute atomic E-state index is 11.8. The number of nitrogens with zero attached hydrogens (tertiary/aromatic N) is 4. The average Bonchev–Trinajstić information content (AvgIpc) is 3.55. The molecule has 2 saturated heterocycles. The van der Waals surface area contributed by atoms with Gasteiger partial charge in [0.2, 0.25) is 0 Å². The molecule has 2 aromatic carbocycles.